The Labute approximate surface area is 48.6 Å². The van der Waals surface area contributed by atoms with E-state index in [1.54, 1.807) is 12.4 Å². The molecule has 0 N–H and O–H groups in total. The van der Waals surface area contributed by atoms with Crippen LogP contribution in [0.3, 0.4) is 0 Å². The van der Waals surface area contributed by atoms with Gasteiger partial charge < -0.3 is 0 Å². The fourth-order valence-corrected chi connectivity index (χ4v) is 0.408. The topological polar surface area (TPSA) is 25.8 Å². The minimum Gasteiger partial charge on any atom is -0.159 e. The molecule has 8 heavy (non-hydrogen) atoms. The van der Waals surface area contributed by atoms with Gasteiger partial charge in [-0.25, -0.2) is 0 Å². The number of hydrogen-bond donors (Lipinski definition) is 0. The van der Waals surface area contributed by atoms with Crippen LogP contribution < -0.4 is 0 Å². The smallest absolute Gasteiger partial charge is 0.0530 e. The van der Waals surface area contributed by atoms with E-state index in [9.17, 15) is 0 Å². The Kier molecular flexibility index (Phi) is 1.24. The molecule has 1 aromatic heterocycles. The van der Waals surface area contributed by atoms with Crippen LogP contribution in [0.5, 0.6) is 0 Å². The summed E-state index contributed by atoms with van der Waals surface area (Å²) in [6.45, 7) is 5.67. The molecule has 0 bridgehead atoms. The normalized spacial score (nSPS) is 9.25. The zero-order valence-electron chi connectivity index (χ0n) is 4.76. The van der Waals surface area contributed by atoms with Crippen LogP contribution in [-0.2, 0) is 0 Å². The fraction of sp³-hybridized carbons (Fsp3) is 0.167. The standard InChI is InChI=1S/C6H7N2/c1-5-3-7-8-4-6(5)2/h3-4H,1H2,2H3. The van der Waals surface area contributed by atoms with E-state index in [0.717, 1.165) is 11.1 Å². The highest BCUT2D eigenvalue weighted by atomic mass is 15.1. The second-order valence-electron chi connectivity index (χ2n) is 1.70. The molecule has 0 aliphatic carbocycles. The molecule has 0 fully saturated rings. The fourth-order valence-electron chi connectivity index (χ4n) is 0.408. The van der Waals surface area contributed by atoms with Gasteiger partial charge in [0.1, 0.15) is 0 Å². The van der Waals surface area contributed by atoms with Crippen molar-refractivity contribution in [2.75, 3.05) is 0 Å². The van der Waals surface area contributed by atoms with Crippen LogP contribution in [0.2, 0.25) is 0 Å². The molecule has 1 rings (SSSR count). The van der Waals surface area contributed by atoms with E-state index in [2.05, 4.69) is 17.1 Å². The lowest BCUT2D eigenvalue weighted by molar-refractivity contribution is 1.01. The van der Waals surface area contributed by atoms with Crippen molar-refractivity contribution < 1.29 is 0 Å². The monoisotopic (exact) mass is 107 g/mol. The highest BCUT2D eigenvalue weighted by Crippen LogP contribution is 1.98. The number of rotatable bonds is 0. The van der Waals surface area contributed by atoms with E-state index >= 15 is 0 Å². The summed E-state index contributed by atoms with van der Waals surface area (Å²) in [5, 5.41) is 7.29. The summed E-state index contributed by atoms with van der Waals surface area (Å²) in [5.41, 5.74) is 2.03. The molecule has 0 aliphatic heterocycles. The molecule has 1 radical (unpaired) electrons. The van der Waals surface area contributed by atoms with Crippen LogP contribution in [0.1, 0.15) is 11.1 Å². The van der Waals surface area contributed by atoms with E-state index in [1.807, 2.05) is 6.92 Å². The Morgan fingerprint density at radius 1 is 1.38 bits per heavy atom. The average molecular weight is 107 g/mol. The average Bonchev–Trinajstić information content (AvgIpc) is 1.77. The Morgan fingerprint density at radius 3 is 2.38 bits per heavy atom. The third-order valence-corrected chi connectivity index (χ3v) is 1.04. The SMILES string of the molecule is [CH2]c1cnncc1C. The van der Waals surface area contributed by atoms with Crippen molar-refractivity contribution in [3.63, 3.8) is 0 Å². The predicted octanol–water partition coefficient (Wildman–Crippen LogP) is 0.967. The van der Waals surface area contributed by atoms with Crippen LogP contribution in [0.25, 0.3) is 0 Å². The highest BCUT2D eigenvalue weighted by molar-refractivity contribution is 5.20. The van der Waals surface area contributed by atoms with Crippen molar-refractivity contribution in [1.29, 1.82) is 0 Å². The Bertz CT molecular complexity index is 163. The van der Waals surface area contributed by atoms with Crippen LogP contribution in [0.4, 0.5) is 0 Å². The number of aromatic nitrogens is 2. The molecule has 1 aromatic rings. The summed E-state index contributed by atoms with van der Waals surface area (Å²) in [7, 11) is 0. The van der Waals surface area contributed by atoms with Gasteiger partial charge in [-0.2, -0.15) is 10.2 Å². The maximum absolute atomic E-state index is 3.72. The summed E-state index contributed by atoms with van der Waals surface area (Å²) in [6, 6.07) is 0. The van der Waals surface area contributed by atoms with Crippen molar-refractivity contribution >= 4 is 0 Å². The van der Waals surface area contributed by atoms with Crippen molar-refractivity contribution in [3.8, 4) is 0 Å². The first-order valence-electron chi connectivity index (χ1n) is 2.40. The zero-order valence-corrected chi connectivity index (χ0v) is 4.76. The van der Waals surface area contributed by atoms with Gasteiger partial charge >= 0.3 is 0 Å². The molecule has 0 atom stereocenters. The largest absolute Gasteiger partial charge is 0.159 e. The Hall–Kier alpha value is -0.920. The summed E-state index contributed by atoms with van der Waals surface area (Å²) in [4.78, 5) is 0. The summed E-state index contributed by atoms with van der Waals surface area (Å²) >= 11 is 0. The molecule has 0 saturated carbocycles. The van der Waals surface area contributed by atoms with Crippen molar-refractivity contribution in [2.45, 2.75) is 6.92 Å². The van der Waals surface area contributed by atoms with Gasteiger partial charge in [0.2, 0.25) is 0 Å². The molecular weight excluding hydrogens is 100 g/mol. The molecule has 0 spiro atoms. The second-order valence-corrected chi connectivity index (χ2v) is 1.70. The molecule has 1 heterocycles. The van der Waals surface area contributed by atoms with E-state index in [1.165, 1.54) is 0 Å². The van der Waals surface area contributed by atoms with Gasteiger partial charge in [0.05, 0.1) is 12.4 Å². The molecule has 0 aromatic carbocycles. The van der Waals surface area contributed by atoms with Crippen molar-refractivity contribution in [2.24, 2.45) is 0 Å². The zero-order chi connectivity index (χ0) is 5.98. The minimum atomic E-state index is 0.944. The van der Waals surface area contributed by atoms with Gasteiger partial charge in [-0.15, -0.1) is 0 Å². The molecule has 0 amide bonds. The molecule has 2 heteroatoms. The van der Waals surface area contributed by atoms with Crippen LogP contribution >= 0.6 is 0 Å². The molecular formula is C6H7N2. The minimum absolute atomic E-state index is 0.944. The predicted molar refractivity (Wildman–Crippen MR) is 31.2 cm³/mol. The number of nitrogens with zero attached hydrogens (tertiary/aromatic N) is 2. The summed E-state index contributed by atoms with van der Waals surface area (Å²) < 4.78 is 0. The maximum atomic E-state index is 3.72. The molecule has 41 valence electrons. The third-order valence-electron chi connectivity index (χ3n) is 1.04. The quantitative estimate of drug-likeness (QED) is 0.493. The molecule has 0 unspecified atom stereocenters. The first kappa shape index (κ1) is 5.22. The van der Waals surface area contributed by atoms with Gasteiger partial charge in [-0.3, -0.25) is 0 Å². The maximum Gasteiger partial charge on any atom is 0.0530 e. The molecule has 2 nitrogen and oxygen atoms in total. The number of hydrogen-bond acceptors (Lipinski definition) is 2. The van der Waals surface area contributed by atoms with E-state index in [-0.39, 0.29) is 0 Å². The number of aryl methyl sites for hydroxylation is 1. The van der Waals surface area contributed by atoms with Crippen LogP contribution in [0.15, 0.2) is 12.4 Å². The van der Waals surface area contributed by atoms with E-state index < -0.39 is 0 Å². The first-order valence-corrected chi connectivity index (χ1v) is 2.40. The summed E-state index contributed by atoms with van der Waals surface area (Å²) in [6.07, 6.45) is 3.34. The van der Waals surface area contributed by atoms with Gasteiger partial charge in [0, 0.05) is 0 Å². The van der Waals surface area contributed by atoms with Gasteiger partial charge in [-0.1, -0.05) is 0 Å². The van der Waals surface area contributed by atoms with Crippen LogP contribution in [-0.4, -0.2) is 10.2 Å². The first-order chi connectivity index (χ1) is 3.80. The lowest BCUT2D eigenvalue weighted by Gasteiger charge is -1.91. The van der Waals surface area contributed by atoms with Crippen molar-refractivity contribution in [3.05, 3.63) is 30.4 Å². The Morgan fingerprint density at radius 2 is 2.00 bits per heavy atom. The second kappa shape index (κ2) is 1.90. The van der Waals surface area contributed by atoms with Gasteiger partial charge in [0.15, 0.2) is 0 Å². The third kappa shape index (κ3) is 0.832. The molecule has 0 saturated heterocycles. The van der Waals surface area contributed by atoms with Crippen molar-refractivity contribution in [1.82, 2.24) is 10.2 Å². The molecule has 0 aliphatic rings. The lowest BCUT2D eigenvalue weighted by Crippen LogP contribution is -1.84. The summed E-state index contributed by atoms with van der Waals surface area (Å²) in [5.74, 6) is 0. The van der Waals surface area contributed by atoms with Gasteiger partial charge in [-0.05, 0) is 25.0 Å². The van der Waals surface area contributed by atoms with Crippen LogP contribution in [0, 0.1) is 13.8 Å². The van der Waals surface area contributed by atoms with E-state index in [0.29, 0.717) is 0 Å². The lowest BCUT2D eigenvalue weighted by atomic mass is 10.2. The van der Waals surface area contributed by atoms with Gasteiger partial charge in [0.25, 0.3) is 0 Å². The van der Waals surface area contributed by atoms with E-state index in [4.69, 9.17) is 0 Å². The Balaban J connectivity index is 3.13. The highest BCUT2D eigenvalue weighted by Gasteiger charge is 1.86.